The molecule has 17 heavy (non-hydrogen) atoms. The van der Waals surface area contributed by atoms with Gasteiger partial charge in [-0.3, -0.25) is 4.79 Å². The molecule has 92 valence electrons. The average Bonchev–Trinajstić information content (AvgIpc) is 2.78. The monoisotopic (exact) mass is 244 g/mol. The van der Waals surface area contributed by atoms with E-state index in [0.29, 0.717) is 24.8 Å². The summed E-state index contributed by atoms with van der Waals surface area (Å²) in [6, 6.07) is 1.46. The molecule has 3 nitrogen and oxygen atoms in total. The number of hydrogen-bond acceptors (Lipinski definition) is 3. The molecule has 2 heterocycles. The SMILES string of the molecule is O=Cc1ccc(N2CCCC2C(F)(F)F)nc1. The van der Waals surface area contributed by atoms with Gasteiger partial charge in [0.25, 0.3) is 0 Å². The molecule has 6 heteroatoms. The molecule has 0 saturated carbocycles. The summed E-state index contributed by atoms with van der Waals surface area (Å²) in [7, 11) is 0. The molecule has 1 atom stereocenters. The van der Waals surface area contributed by atoms with Gasteiger partial charge in [0, 0.05) is 18.3 Å². The maximum Gasteiger partial charge on any atom is 0.408 e. The van der Waals surface area contributed by atoms with Crippen molar-refractivity contribution < 1.29 is 18.0 Å². The molecule has 0 amide bonds. The van der Waals surface area contributed by atoms with Gasteiger partial charge >= 0.3 is 6.18 Å². The molecule has 0 radical (unpaired) electrons. The third-order valence-electron chi connectivity index (χ3n) is 2.83. The molecular formula is C11H11F3N2O. The van der Waals surface area contributed by atoms with Crippen LogP contribution in [0.2, 0.25) is 0 Å². The molecular weight excluding hydrogens is 233 g/mol. The summed E-state index contributed by atoms with van der Waals surface area (Å²) in [5, 5.41) is 0. The quantitative estimate of drug-likeness (QED) is 0.749. The van der Waals surface area contributed by atoms with Crippen LogP contribution in [-0.4, -0.2) is 30.0 Å². The third kappa shape index (κ3) is 2.40. The van der Waals surface area contributed by atoms with Gasteiger partial charge in [-0.25, -0.2) is 4.98 Å². The lowest BCUT2D eigenvalue weighted by Gasteiger charge is -2.27. The van der Waals surface area contributed by atoms with Crippen LogP contribution in [0.4, 0.5) is 19.0 Å². The molecule has 1 fully saturated rings. The molecule has 2 rings (SSSR count). The number of rotatable bonds is 2. The summed E-state index contributed by atoms with van der Waals surface area (Å²) in [6.07, 6.45) is -1.74. The van der Waals surface area contributed by atoms with Gasteiger partial charge in [-0.2, -0.15) is 13.2 Å². The zero-order valence-corrected chi connectivity index (χ0v) is 8.94. The topological polar surface area (TPSA) is 33.2 Å². The summed E-state index contributed by atoms with van der Waals surface area (Å²) >= 11 is 0. The van der Waals surface area contributed by atoms with Crippen molar-refractivity contribution in [3.05, 3.63) is 23.9 Å². The molecule has 1 unspecified atom stereocenters. The summed E-state index contributed by atoms with van der Waals surface area (Å²) in [5.41, 5.74) is 0.358. The van der Waals surface area contributed by atoms with Crippen molar-refractivity contribution in [2.24, 2.45) is 0 Å². The summed E-state index contributed by atoms with van der Waals surface area (Å²) in [4.78, 5) is 15.6. The van der Waals surface area contributed by atoms with Crippen LogP contribution >= 0.6 is 0 Å². The van der Waals surface area contributed by atoms with Crippen LogP contribution in [0.3, 0.4) is 0 Å². The Bertz CT molecular complexity index is 402. The second-order valence-corrected chi connectivity index (χ2v) is 3.96. The van der Waals surface area contributed by atoms with Crippen LogP contribution in [0.15, 0.2) is 18.3 Å². The Kier molecular flexibility index (Phi) is 3.04. The molecule has 1 aromatic heterocycles. The molecule has 0 spiro atoms. The molecule has 0 N–H and O–H groups in total. The maximum absolute atomic E-state index is 12.7. The van der Waals surface area contributed by atoms with Gasteiger partial charge in [0.15, 0.2) is 6.29 Å². The molecule has 0 aliphatic carbocycles. The van der Waals surface area contributed by atoms with Crippen LogP contribution in [0, 0.1) is 0 Å². The van der Waals surface area contributed by atoms with Crippen molar-refractivity contribution >= 4 is 12.1 Å². The summed E-state index contributed by atoms with van der Waals surface area (Å²) < 4.78 is 38.1. The summed E-state index contributed by atoms with van der Waals surface area (Å²) in [5.74, 6) is 0.274. The van der Waals surface area contributed by atoms with E-state index in [0.717, 1.165) is 0 Å². The highest BCUT2D eigenvalue weighted by atomic mass is 19.4. The van der Waals surface area contributed by atoms with E-state index < -0.39 is 12.2 Å². The van der Waals surface area contributed by atoms with Gasteiger partial charge in [0.2, 0.25) is 0 Å². The predicted octanol–water partition coefficient (Wildman–Crippen LogP) is 2.43. The molecule has 1 aromatic rings. The lowest BCUT2D eigenvalue weighted by molar-refractivity contribution is -0.146. The second kappa shape index (κ2) is 4.35. The van der Waals surface area contributed by atoms with Crippen LogP contribution in [0.1, 0.15) is 23.2 Å². The third-order valence-corrected chi connectivity index (χ3v) is 2.83. The lowest BCUT2D eigenvalue weighted by atomic mass is 10.2. The number of alkyl halides is 3. The van der Waals surface area contributed by atoms with E-state index in [9.17, 15) is 18.0 Å². The van der Waals surface area contributed by atoms with Crippen LogP contribution in [-0.2, 0) is 0 Å². The Hall–Kier alpha value is -1.59. The van der Waals surface area contributed by atoms with Gasteiger partial charge in [-0.1, -0.05) is 0 Å². The zero-order valence-electron chi connectivity index (χ0n) is 8.94. The molecule has 0 bridgehead atoms. The largest absolute Gasteiger partial charge is 0.408 e. The zero-order chi connectivity index (χ0) is 12.5. The lowest BCUT2D eigenvalue weighted by Crippen LogP contribution is -2.41. The van der Waals surface area contributed by atoms with Gasteiger partial charge in [-0.05, 0) is 25.0 Å². The standard InChI is InChI=1S/C11H11F3N2O/c12-11(13,14)9-2-1-5-16(9)10-4-3-8(7-17)6-15-10/h3-4,6-7,9H,1-2,5H2. The van der Waals surface area contributed by atoms with E-state index >= 15 is 0 Å². The highest BCUT2D eigenvalue weighted by Crippen LogP contribution is 2.34. The second-order valence-electron chi connectivity index (χ2n) is 3.96. The van der Waals surface area contributed by atoms with Crippen molar-refractivity contribution in [2.75, 3.05) is 11.4 Å². The minimum absolute atomic E-state index is 0.0978. The Morgan fingerprint density at radius 1 is 1.41 bits per heavy atom. The Balaban J connectivity index is 2.23. The number of aldehydes is 1. The smallest absolute Gasteiger partial charge is 0.345 e. The normalized spacial score (nSPS) is 20.6. The first-order valence-corrected chi connectivity index (χ1v) is 5.27. The Morgan fingerprint density at radius 2 is 2.18 bits per heavy atom. The highest BCUT2D eigenvalue weighted by Gasteiger charge is 2.46. The minimum atomic E-state index is -4.23. The maximum atomic E-state index is 12.7. The number of halogens is 3. The van der Waals surface area contributed by atoms with Crippen molar-refractivity contribution in [3.63, 3.8) is 0 Å². The van der Waals surface area contributed by atoms with Crippen molar-refractivity contribution in [3.8, 4) is 0 Å². The van der Waals surface area contributed by atoms with Crippen molar-refractivity contribution in [1.82, 2.24) is 4.98 Å². The first-order valence-electron chi connectivity index (χ1n) is 5.27. The average molecular weight is 244 g/mol. The van der Waals surface area contributed by atoms with E-state index in [1.807, 2.05) is 0 Å². The van der Waals surface area contributed by atoms with Crippen LogP contribution < -0.4 is 4.90 Å². The van der Waals surface area contributed by atoms with Crippen molar-refractivity contribution in [2.45, 2.75) is 25.1 Å². The van der Waals surface area contributed by atoms with Gasteiger partial charge in [0.05, 0.1) is 0 Å². The number of anilines is 1. The fourth-order valence-corrected chi connectivity index (χ4v) is 2.02. The van der Waals surface area contributed by atoms with Gasteiger partial charge in [-0.15, -0.1) is 0 Å². The van der Waals surface area contributed by atoms with E-state index in [-0.39, 0.29) is 12.2 Å². The molecule has 1 saturated heterocycles. The van der Waals surface area contributed by atoms with Gasteiger partial charge in [0.1, 0.15) is 11.9 Å². The first-order chi connectivity index (χ1) is 8.02. The molecule has 1 aliphatic rings. The van der Waals surface area contributed by atoms with E-state index in [4.69, 9.17) is 0 Å². The number of carbonyl (C=O) groups is 1. The molecule has 1 aliphatic heterocycles. The minimum Gasteiger partial charge on any atom is -0.345 e. The Morgan fingerprint density at radius 3 is 2.71 bits per heavy atom. The van der Waals surface area contributed by atoms with Crippen LogP contribution in [0.5, 0.6) is 0 Å². The first kappa shape index (κ1) is 11.9. The number of pyridine rings is 1. The number of aromatic nitrogens is 1. The number of nitrogens with zero attached hydrogens (tertiary/aromatic N) is 2. The molecule has 0 aromatic carbocycles. The van der Waals surface area contributed by atoms with E-state index in [1.165, 1.54) is 23.2 Å². The Labute approximate surface area is 96.3 Å². The highest BCUT2D eigenvalue weighted by molar-refractivity contribution is 5.74. The van der Waals surface area contributed by atoms with Gasteiger partial charge < -0.3 is 4.90 Å². The van der Waals surface area contributed by atoms with E-state index in [2.05, 4.69) is 4.98 Å². The number of carbonyl (C=O) groups excluding carboxylic acids is 1. The summed E-state index contributed by atoms with van der Waals surface area (Å²) in [6.45, 7) is 0.345. The van der Waals surface area contributed by atoms with E-state index in [1.54, 1.807) is 0 Å². The van der Waals surface area contributed by atoms with Crippen LogP contribution in [0.25, 0.3) is 0 Å². The number of hydrogen-bond donors (Lipinski definition) is 0. The van der Waals surface area contributed by atoms with Crippen molar-refractivity contribution in [1.29, 1.82) is 0 Å². The fourth-order valence-electron chi connectivity index (χ4n) is 2.02. The fraction of sp³-hybridized carbons (Fsp3) is 0.455. The predicted molar refractivity (Wildman–Crippen MR) is 56.0 cm³/mol.